The average molecular weight is 867 g/mol. The summed E-state index contributed by atoms with van der Waals surface area (Å²) in [4.78, 5) is 0. The van der Waals surface area contributed by atoms with E-state index in [1.54, 1.807) is 0 Å². The highest BCUT2D eigenvalue weighted by atomic mass is 15.2. The first-order valence-corrected chi connectivity index (χ1v) is 23.3. The topological polar surface area (TPSA) is 19.7 Å². The van der Waals surface area contributed by atoms with Gasteiger partial charge < -0.3 is 9.13 Å². The van der Waals surface area contributed by atoms with E-state index in [1.165, 1.54) is 82.2 Å². The molecule has 0 unspecified atom stereocenters. The molecule has 0 fully saturated rings. The van der Waals surface area contributed by atoms with E-state index in [2.05, 4.69) is 273 Å². The second-order valence-electron chi connectivity index (χ2n) is 17.8. The summed E-state index contributed by atoms with van der Waals surface area (Å²) in [5.41, 5.74) is 17.6. The minimum Gasteiger partial charge on any atom is -0.309 e. The number of rotatable bonds is 7. The summed E-state index contributed by atoms with van der Waals surface area (Å²) in [7, 11) is 0. The van der Waals surface area contributed by atoms with Gasteiger partial charge in [0.05, 0.1) is 38.8 Å². The highest BCUT2D eigenvalue weighted by Gasteiger charge is 2.21. The van der Waals surface area contributed by atoms with Crippen LogP contribution in [0.2, 0.25) is 0 Å². The number of aromatic nitrogens is 4. The van der Waals surface area contributed by atoms with Gasteiger partial charge in [-0.1, -0.05) is 146 Å². The summed E-state index contributed by atoms with van der Waals surface area (Å²) in [5, 5.41) is 7.38. The molecule has 14 rings (SSSR count). The van der Waals surface area contributed by atoms with Crippen molar-refractivity contribution in [2.75, 3.05) is 0 Å². The van der Waals surface area contributed by atoms with Crippen LogP contribution in [0.1, 0.15) is 0 Å². The number of benzene rings is 10. The molecule has 0 aliphatic carbocycles. The van der Waals surface area contributed by atoms with E-state index in [0.717, 1.165) is 39.6 Å². The van der Waals surface area contributed by atoms with Crippen molar-refractivity contribution in [3.63, 3.8) is 0 Å². The zero-order valence-corrected chi connectivity index (χ0v) is 37.0. The van der Waals surface area contributed by atoms with Gasteiger partial charge in [-0.3, -0.25) is 9.13 Å². The maximum absolute atomic E-state index is 2.46. The molecule has 318 valence electrons. The van der Waals surface area contributed by atoms with Gasteiger partial charge in [0.1, 0.15) is 5.82 Å². The zero-order chi connectivity index (χ0) is 44.7. The van der Waals surface area contributed by atoms with Gasteiger partial charge in [0.15, 0.2) is 0 Å². The molecule has 4 heterocycles. The molecule has 14 aromatic rings. The van der Waals surface area contributed by atoms with Crippen LogP contribution < -0.4 is 0 Å². The van der Waals surface area contributed by atoms with Crippen LogP contribution in [0.15, 0.2) is 255 Å². The first kappa shape index (κ1) is 38.2. The van der Waals surface area contributed by atoms with Crippen molar-refractivity contribution in [2.45, 2.75) is 0 Å². The number of hydrogen-bond donors (Lipinski definition) is 0. The number of nitrogens with zero attached hydrogens (tertiary/aromatic N) is 4. The third-order valence-electron chi connectivity index (χ3n) is 14.0. The molecule has 4 nitrogen and oxygen atoms in total. The second kappa shape index (κ2) is 15.2. The molecule has 4 heteroatoms. The fourth-order valence-electron chi connectivity index (χ4n) is 10.9. The van der Waals surface area contributed by atoms with Gasteiger partial charge in [-0.15, -0.1) is 0 Å². The smallest absolute Gasteiger partial charge is 0.122 e. The summed E-state index contributed by atoms with van der Waals surface area (Å²) in [5.74, 6) is 1.08. The van der Waals surface area contributed by atoms with Gasteiger partial charge in [0.25, 0.3) is 0 Å². The van der Waals surface area contributed by atoms with Crippen molar-refractivity contribution in [3.8, 4) is 56.4 Å². The van der Waals surface area contributed by atoms with Crippen LogP contribution in [0.25, 0.3) is 122 Å². The largest absolute Gasteiger partial charge is 0.309 e. The molecule has 0 aliphatic rings. The summed E-state index contributed by atoms with van der Waals surface area (Å²) >= 11 is 0. The van der Waals surface area contributed by atoms with Crippen molar-refractivity contribution in [1.82, 2.24) is 18.3 Å². The molecule has 0 atom stereocenters. The number of para-hydroxylation sites is 5. The number of hydrogen-bond acceptors (Lipinski definition) is 0. The Hall–Kier alpha value is -9.12. The second-order valence-corrected chi connectivity index (χ2v) is 17.8. The molecule has 10 aromatic carbocycles. The fourth-order valence-corrected chi connectivity index (χ4v) is 10.9. The minimum absolute atomic E-state index is 1.08. The fraction of sp³-hybridized carbons (Fsp3) is 0. The number of fused-ring (bicyclic) bond motifs is 9. The van der Waals surface area contributed by atoms with Crippen LogP contribution in [0.3, 0.4) is 0 Å². The molecule has 0 N–H and O–H groups in total. The first-order valence-electron chi connectivity index (χ1n) is 23.3. The molecule has 0 bridgehead atoms. The van der Waals surface area contributed by atoms with Gasteiger partial charge in [-0.05, 0) is 137 Å². The summed E-state index contributed by atoms with van der Waals surface area (Å²) in [6.45, 7) is 0. The van der Waals surface area contributed by atoms with Crippen LogP contribution in [-0.4, -0.2) is 18.3 Å². The molecular formula is C64H42N4. The van der Waals surface area contributed by atoms with E-state index < -0.39 is 0 Å². The van der Waals surface area contributed by atoms with Crippen molar-refractivity contribution >= 4 is 65.4 Å². The molecule has 0 aliphatic heterocycles. The zero-order valence-electron chi connectivity index (χ0n) is 37.0. The standard InChI is InChI=1S/C64H42N4/c1-5-17-43(18-6-1)57-37-38-64(67(57)50-23-11-4-12-24-50)68-62-35-31-46(44-29-33-60-53(39-44)51-25-13-15-27-58(51)65(60)48-19-7-2-8-20-48)41-55(62)56-42-47(32-36-63(56)68)45-30-34-61-54(40-45)52-26-14-16-28-59(52)66(61)49-21-9-3-10-22-49/h1-42H. The quantitative estimate of drug-likeness (QED) is 0.152. The maximum atomic E-state index is 2.46. The Labute approximate surface area is 393 Å². The van der Waals surface area contributed by atoms with E-state index in [1.807, 2.05) is 0 Å². The third kappa shape index (κ3) is 5.87. The van der Waals surface area contributed by atoms with Crippen LogP contribution in [0.5, 0.6) is 0 Å². The summed E-state index contributed by atoms with van der Waals surface area (Å²) < 4.78 is 9.64. The van der Waals surface area contributed by atoms with Crippen LogP contribution in [0.4, 0.5) is 0 Å². The van der Waals surface area contributed by atoms with Crippen LogP contribution in [0, 0.1) is 0 Å². The van der Waals surface area contributed by atoms with Gasteiger partial charge >= 0.3 is 0 Å². The lowest BCUT2D eigenvalue weighted by atomic mass is 9.98. The Balaban J connectivity index is 1.00. The van der Waals surface area contributed by atoms with Crippen molar-refractivity contribution in [1.29, 1.82) is 0 Å². The monoisotopic (exact) mass is 866 g/mol. The molecule has 0 amide bonds. The predicted octanol–water partition coefficient (Wildman–Crippen LogP) is 16.8. The van der Waals surface area contributed by atoms with E-state index >= 15 is 0 Å². The van der Waals surface area contributed by atoms with E-state index in [-0.39, 0.29) is 0 Å². The molecular weight excluding hydrogens is 825 g/mol. The summed E-state index contributed by atoms with van der Waals surface area (Å²) in [6, 6.07) is 93.0. The maximum Gasteiger partial charge on any atom is 0.122 e. The lowest BCUT2D eigenvalue weighted by Gasteiger charge is -2.16. The Bertz CT molecular complexity index is 4010. The molecule has 0 spiro atoms. The minimum atomic E-state index is 1.08. The Morgan fingerprint density at radius 3 is 0.941 bits per heavy atom. The van der Waals surface area contributed by atoms with Gasteiger partial charge in [-0.2, -0.15) is 0 Å². The van der Waals surface area contributed by atoms with Gasteiger partial charge in [0, 0.05) is 49.4 Å². The lowest BCUT2D eigenvalue weighted by molar-refractivity contribution is 0.981. The molecule has 0 radical (unpaired) electrons. The normalized spacial score (nSPS) is 11.8. The Morgan fingerprint density at radius 1 is 0.191 bits per heavy atom. The molecule has 0 saturated carbocycles. The molecule has 4 aromatic heterocycles. The van der Waals surface area contributed by atoms with Crippen LogP contribution >= 0.6 is 0 Å². The van der Waals surface area contributed by atoms with Gasteiger partial charge in [0.2, 0.25) is 0 Å². The molecule has 68 heavy (non-hydrogen) atoms. The van der Waals surface area contributed by atoms with Crippen molar-refractivity contribution in [2.24, 2.45) is 0 Å². The van der Waals surface area contributed by atoms with E-state index in [4.69, 9.17) is 0 Å². The predicted molar refractivity (Wildman–Crippen MR) is 285 cm³/mol. The lowest BCUT2D eigenvalue weighted by Crippen LogP contribution is -2.05. The highest BCUT2D eigenvalue weighted by molar-refractivity contribution is 6.14. The van der Waals surface area contributed by atoms with Crippen molar-refractivity contribution < 1.29 is 0 Å². The Morgan fingerprint density at radius 2 is 0.515 bits per heavy atom. The summed E-state index contributed by atoms with van der Waals surface area (Å²) in [6.07, 6.45) is 0. The third-order valence-corrected chi connectivity index (χ3v) is 14.0. The van der Waals surface area contributed by atoms with E-state index in [0.29, 0.717) is 0 Å². The van der Waals surface area contributed by atoms with E-state index in [9.17, 15) is 0 Å². The average Bonchev–Trinajstić information content (AvgIpc) is 4.17. The highest BCUT2D eigenvalue weighted by Crippen LogP contribution is 2.42. The van der Waals surface area contributed by atoms with Crippen LogP contribution in [-0.2, 0) is 0 Å². The Kier molecular flexibility index (Phi) is 8.55. The first-order chi connectivity index (χ1) is 33.7. The van der Waals surface area contributed by atoms with Crippen molar-refractivity contribution in [3.05, 3.63) is 255 Å². The van der Waals surface area contributed by atoms with Gasteiger partial charge in [-0.25, -0.2) is 0 Å². The molecule has 0 saturated heterocycles. The SMILES string of the molecule is c1ccc(-c2ccc(-n3c4ccc(-c5ccc6c(c5)c5ccccc5n6-c5ccccc5)cc4c4cc(-c5ccc6c(c5)c5ccccc5n6-c5ccccc5)ccc43)n2-c2ccccc2)cc1.